The molecule has 0 aliphatic carbocycles. The Morgan fingerprint density at radius 3 is 2.70 bits per heavy atom. The minimum absolute atomic E-state index is 0.180. The van der Waals surface area contributed by atoms with E-state index in [9.17, 15) is 8.42 Å². The van der Waals surface area contributed by atoms with Gasteiger partial charge in [-0.3, -0.25) is 0 Å². The SMILES string of the molecule is Cc1ccc(CC(C)NS(=O)(=O)c2ccsc2CO)s1. The molecule has 2 aromatic rings. The van der Waals surface area contributed by atoms with Gasteiger partial charge in [0.05, 0.1) is 11.5 Å². The maximum Gasteiger partial charge on any atom is 0.242 e. The number of aryl methyl sites for hydroxylation is 1. The first-order valence-electron chi connectivity index (χ1n) is 6.17. The van der Waals surface area contributed by atoms with Crippen LogP contribution in [0.1, 0.15) is 21.6 Å². The van der Waals surface area contributed by atoms with E-state index in [2.05, 4.69) is 4.72 Å². The summed E-state index contributed by atoms with van der Waals surface area (Å²) in [4.78, 5) is 3.02. The van der Waals surface area contributed by atoms with Crippen LogP contribution in [0.2, 0.25) is 0 Å². The van der Waals surface area contributed by atoms with Crippen molar-refractivity contribution < 1.29 is 13.5 Å². The third kappa shape index (κ3) is 3.67. The first-order valence-corrected chi connectivity index (χ1v) is 9.35. The first-order chi connectivity index (χ1) is 9.42. The summed E-state index contributed by atoms with van der Waals surface area (Å²) < 4.78 is 27.2. The molecular formula is C13H17NO3S3. The molecule has 20 heavy (non-hydrogen) atoms. The highest BCUT2D eigenvalue weighted by Crippen LogP contribution is 2.23. The lowest BCUT2D eigenvalue weighted by molar-refractivity contribution is 0.282. The second kappa shape index (κ2) is 6.36. The maximum absolute atomic E-state index is 12.3. The molecule has 2 heterocycles. The average molecular weight is 331 g/mol. The van der Waals surface area contributed by atoms with Crippen LogP contribution in [0.3, 0.4) is 0 Å². The smallest absolute Gasteiger partial charge is 0.242 e. The molecule has 0 spiro atoms. The van der Waals surface area contributed by atoms with Crippen LogP contribution in [0, 0.1) is 6.92 Å². The van der Waals surface area contributed by atoms with Crippen molar-refractivity contribution in [3.8, 4) is 0 Å². The lowest BCUT2D eigenvalue weighted by Gasteiger charge is -2.13. The first kappa shape index (κ1) is 15.7. The Balaban J connectivity index is 2.08. The molecule has 1 atom stereocenters. The molecule has 1 unspecified atom stereocenters. The number of hydrogen-bond acceptors (Lipinski definition) is 5. The number of rotatable bonds is 6. The molecule has 0 saturated carbocycles. The molecule has 0 radical (unpaired) electrons. The molecule has 0 aliphatic rings. The highest BCUT2D eigenvalue weighted by molar-refractivity contribution is 7.89. The Labute approximate surface area is 127 Å². The van der Waals surface area contributed by atoms with Crippen molar-refractivity contribution in [2.45, 2.75) is 37.8 Å². The van der Waals surface area contributed by atoms with Gasteiger partial charge in [-0.15, -0.1) is 22.7 Å². The number of hydrogen-bond donors (Lipinski definition) is 2. The van der Waals surface area contributed by atoms with Crippen LogP contribution < -0.4 is 4.72 Å². The van der Waals surface area contributed by atoms with Crippen molar-refractivity contribution in [1.29, 1.82) is 0 Å². The Morgan fingerprint density at radius 2 is 2.10 bits per heavy atom. The standard InChI is InChI=1S/C13H17NO3S3/c1-9(7-11-4-3-10(2)19-11)14-20(16,17)13-5-6-18-12(13)8-15/h3-6,9,14-15H,7-8H2,1-2H3. The van der Waals surface area contributed by atoms with E-state index in [0.29, 0.717) is 11.3 Å². The zero-order valence-corrected chi connectivity index (χ0v) is 13.7. The van der Waals surface area contributed by atoms with Crippen molar-refractivity contribution in [2.24, 2.45) is 0 Å². The molecule has 110 valence electrons. The van der Waals surface area contributed by atoms with Crippen LogP contribution >= 0.6 is 22.7 Å². The van der Waals surface area contributed by atoms with E-state index < -0.39 is 10.0 Å². The average Bonchev–Trinajstić information content (AvgIpc) is 2.97. The number of sulfonamides is 1. The van der Waals surface area contributed by atoms with Gasteiger partial charge in [0.2, 0.25) is 10.0 Å². The summed E-state index contributed by atoms with van der Waals surface area (Å²) in [5.74, 6) is 0. The van der Waals surface area contributed by atoms with Crippen LogP contribution in [0.25, 0.3) is 0 Å². The fraction of sp³-hybridized carbons (Fsp3) is 0.385. The second-order valence-corrected chi connectivity index (χ2v) is 8.66. The van der Waals surface area contributed by atoms with Gasteiger partial charge in [0.1, 0.15) is 0 Å². The molecule has 4 nitrogen and oxygen atoms in total. The van der Waals surface area contributed by atoms with E-state index in [1.54, 1.807) is 16.7 Å². The summed E-state index contributed by atoms with van der Waals surface area (Å²) in [6.07, 6.45) is 0.663. The summed E-state index contributed by atoms with van der Waals surface area (Å²) in [5.41, 5.74) is 0. The van der Waals surface area contributed by atoms with Crippen LogP contribution in [-0.2, 0) is 23.1 Å². The van der Waals surface area contributed by atoms with Gasteiger partial charge in [-0.05, 0) is 43.8 Å². The molecular weight excluding hydrogens is 314 g/mol. The minimum atomic E-state index is -3.57. The van der Waals surface area contributed by atoms with Gasteiger partial charge >= 0.3 is 0 Å². The summed E-state index contributed by atoms with van der Waals surface area (Å²) in [6.45, 7) is 3.62. The van der Waals surface area contributed by atoms with Gasteiger partial charge in [-0.25, -0.2) is 13.1 Å². The zero-order chi connectivity index (χ0) is 14.8. The second-order valence-electron chi connectivity index (χ2n) is 4.60. The highest BCUT2D eigenvalue weighted by Gasteiger charge is 2.21. The van der Waals surface area contributed by atoms with Gasteiger partial charge in [0, 0.05) is 20.7 Å². The lowest BCUT2D eigenvalue weighted by atomic mass is 10.2. The highest BCUT2D eigenvalue weighted by atomic mass is 32.2. The van der Waals surface area contributed by atoms with Crippen molar-refractivity contribution in [3.63, 3.8) is 0 Å². The molecule has 0 fully saturated rings. The third-order valence-corrected chi connectivity index (χ3v) is 6.53. The number of aliphatic hydroxyl groups is 1. The van der Waals surface area contributed by atoms with E-state index in [1.165, 1.54) is 22.3 Å². The minimum Gasteiger partial charge on any atom is -0.391 e. The van der Waals surface area contributed by atoms with Gasteiger partial charge in [-0.1, -0.05) is 0 Å². The van der Waals surface area contributed by atoms with Crippen LogP contribution in [0.15, 0.2) is 28.5 Å². The van der Waals surface area contributed by atoms with Crippen molar-refractivity contribution in [1.82, 2.24) is 4.72 Å². The molecule has 2 aromatic heterocycles. The molecule has 0 saturated heterocycles. The van der Waals surface area contributed by atoms with Crippen molar-refractivity contribution in [2.75, 3.05) is 0 Å². The van der Waals surface area contributed by atoms with Gasteiger partial charge < -0.3 is 5.11 Å². The molecule has 0 bridgehead atoms. The predicted molar refractivity (Wildman–Crippen MR) is 82.8 cm³/mol. The predicted octanol–water partition coefficient (Wildman–Crippen LogP) is 2.52. The summed E-state index contributed by atoms with van der Waals surface area (Å²) in [7, 11) is -3.57. The van der Waals surface area contributed by atoms with Gasteiger partial charge in [0.25, 0.3) is 0 Å². The van der Waals surface area contributed by atoms with E-state index in [0.717, 1.165) is 4.88 Å². The maximum atomic E-state index is 12.3. The summed E-state index contributed by atoms with van der Waals surface area (Å²) in [6, 6.07) is 5.39. The van der Waals surface area contributed by atoms with Crippen LogP contribution in [0.5, 0.6) is 0 Å². The molecule has 0 amide bonds. The Morgan fingerprint density at radius 1 is 1.35 bits per heavy atom. The quantitative estimate of drug-likeness (QED) is 0.855. The number of nitrogens with one attached hydrogen (secondary N) is 1. The van der Waals surface area contributed by atoms with Gasteiger partial charge in [-0.2, -0.15) is 0 Å². The van der Waals surface area contributed by atoms with Crippen molar-refractivity contribution in [3.05, 3.63) is 38.2 Å². The van der Waals surface area contributed by atoms with E-state index in [1.807, 2.05) is 26.0 Å². The van der Waals surface area contributed by atoms with Crippen LogP contribution in [-0.4, -0.2) is 19.6 Å². The summed E-state index contributed by atoms with van der Waals surface area (Å²) in [5, 5.41) is 10.8. The Kier molecular flexibility index (Phi) is 4.98. The zero-order valence-electron chi connectivity index (χ0n) is 11.3. The molecule has 2 rings (SSSR count). The number of thiophene rings is 2. The number of aliphatic hydroxyl groups excluding tert-OH is 1. The van der Waals surface area contributed by atoms with Crippen molar-refractivity contribution >= 4 is 32.7 Å². The monoisotopic (exact) mass is 331 g/mol. The molecule has 0 aromatic carbocycles. The van der Waals surface area contributed by atoms with E-state index in [4.69, 9.17) is 5.11 Å². The Bertz CT molecular complexity index is 673. The molecule has 0 aliphatic heterocycles. The normalized spacial score (nSPS) is 13.6. The largest absolute Gasteiger partial charge is 0.391 e. The fourth-order valence-corrected chi connectivity index (χ4v) is 5.51. The third-order valence-electron chi connectivity index (χ3n) is 2.80. The topological polar surface area (TPSA) is 66.4 Å². The van der Waals surface area contributed by atoms with Gasteiger partial charge in [0.15, 0.2) is 0 Å². The van der Waals surface area contributed by atoms with E-state index in [-0.39, 0.29) is 17.5 Å². The van der Waals surface area contributed by atoms with Crippen LogP contribution in [0.4, 0.5) is 0 Å². The molecule has 7 heteroatoms. The lowest BCUT2D eigenvalue weighted by Crippen LogP contribution is -2.34. The molecule has 2 N–H and O–H groups in total. The fourth-order valence-electron chi connectivity index (χ4n) is 1.95. The Hall–Kier alpha value is -0.730. The van der Waals surface area contributed by atoms with E-state index >= 15 is 0 Å². The summed E-state index contributed by atoms with van der Waals surface area (Å²) >= 11 is 2.92.